The van der Waals surface area contributed by atoms with Gasteiger partial charge in [-0.05, 0) is 37.3 Å². The minimum absolute atomic E-state index is 0.349. The molecule has 1 aromatic rings. The summed E-state index contributed by atoms with van der Waals surface area (Å²) >= 11 is 0. The SMILES string of the molecule is CC(C)[C@]1(Cc2ccccc2)CCCN1. The average Bonchev–Trinajstić information content (AvgIpc) is 2.69. The van der Waals surface area contributed by atoms with Crippen molar-refractivity contribution in [2.75, 3.05) is 6.54 Å². The van der Waals surface area contributed by atoms with Crippen molar-refractivity contribution in [2.24, 2.45) is 5.92 Å². The van der Waals surface area contributed by atoms with Crippen LogP contribution in [0.3, 0.4) is 0 Å². The molecule has 1 heteroatoms. The van der Waals surface area contributed by atoms with Gasteiger partial charge in [-0.1, -0.05) is 44.2 Å². The summed E-state index contributed by atoms with van der Waals surface area (Å²) in [6.45, 7) is 5.85. The second-order valence-electron chi connectivity index (χ2n) is 5.00. The predicted molar refractivity (Wildman–Crippen MR) is 65.0 cm³/mol. The Bertz CT molecular complexity index is 296. The van der Waals surface area contributed by atoms with Gasteiger partial charge >= 0.3 is 0 Å². The lowest BCUT2D eigenvalue weighted by atomic mass is 9.80. The molecule has 2 rings (SSSR count). The maximum atomic E-state index is 3.72. The molecule has 0 unspecified atom stereocenters. The molecule has 1 aliphatic heterocycles. The third-order valence-corrected chi connectivity index (χ3v) is 3.74. The number of hydrogen-bond acceptors (Lipinski definition) is 1. The summed E-state index contributed by atoms with van der Waals surface area (Å²) in [6, 6.07) is 10.8. The Labute approximate surface area is 92.9 Å². The van der Waals surface area contributed by atoms with Gasteiger partial charge in [0, 0.05) is 5.54 Å². The zero-order valence-electron chi connectivity index (χ0n) is 9.79. The van der Waals surface area contributed by atoms with E-state index in [2.05, 4.69) is 49.5 Å². The molecule has 0 radical (unpaired) electrons. The van der Waals surface area contributed by atoms with Gasteiger partial charge in [-0.3, -0.25) is 0 Å². The fourth-order valence-corrected chi connectivity index (χ4v) is 2.64. The number of nitrogens with one attached hydrogen (secondary N) is 1. The summed E-state index contributed by atoms with van der Waals surface area (Å²) in [4.78, 5) is 0. The summed E-state index contributed by atoms with van der Waals surface area (Å²) < 4.78 is 0. The molecule has 0 amide bonds. The Morgan fingerprint density at radius 3 is 2.53 bits per heavy atom. The van der Waals surface area contributed by atoms with Gasteiger partial charge in [0.15, 0.2) is 0 Å². The molecule has 1 N–H and O–H groups in total. The lowest BCUT2D eigenvalue weighted by Crippen LogP contribution is -2.46. The number of rotatable bonds is 3. The summed E-state index contributed by atoms with van der Waals surface area (Å²) in [6.07, 6.45) is 3.82. The quantitative estimate of drug-likeness (QED) is 0.796. The lowest BCUT2D eigenvalue weighted by molar-refractivity contribution is 0.269. The van der Waals surface area contributed by atoms with Gasteiger partial charge in [0.05, 0.1) is 0 Å². The highest BCUT2D eigenvalue weighted by Gasteiger charge is 2.36. The van der Waals surface area contributed by atoms with Crippen LogP contribution in [0.15, 0.2) is 30.3 Å². The maximum Gasteiger partial charge on any atom is 0.0245 e. The van der Waals surface area contributed by atoms with Gasteiger partial charge in [-0.2, -0.15) is 0 Å². The van der Waals surface area contributed by atoms with Gasteiger partial charge in [0.1, 0.15) is 0 Å². The first-order valence-corrected chi connectivity index (χ1v) is 6.02. The molecular formula is C14H21N. The molecule has 0 saturated carbocycles. The van der Waals surface area contributed by atoms with Crippen LogP contribution >= 0.6 is 0 Å². The molecule has 1 fully saturated rings. The molecule has 0 bridgehead atoms. The van der Waals surface area contributed by atoms with E-state index in [0.29, 0.717) is 11.5 Å². The molecule has 1 aromatic carbocycles. The average molecular weight is 203 g/mol. The second kappa shape index (κ2) is 4.36. The van der Waals surface area contributed by atoms with E-state index < -0.39 is 0 Å². The highest BCUT2D eigenvalue weighted by Crippen LogP contribution is 2.31. The van der Waals surface area contributed by atoms with Gasteiger partial charge in [0.25, 0.3) is 0 Å². The van der Waals surface area contributed by atoms with Gasteiger partial charge in [-0.15, -0.1) is 0 Å². The van der Waals surface area contributed by atoms with Crippen molar-refractivity contribution in [3.8, 4) is 0 Å². The van der Waals surface area contributed by atoms with E-state index in [1.165, 1.54) is 31.4 Å². The van der Waals surface area contributed by atoms with Crippen LogP contribution < -0.4 is 5.32 Å². The van der Waals surface area contributed by atoms with E-state index in [4.69, 9.17) is 0 Å². The van der Waals surface area contributed by atoms with E-state index in [1.807, 2.05) is 0 Å². The molecule has 0 aromatic heterocycles. The first kappa shape index (κ1) is 10.7. The molecule has 82 valence electrons. The molecule has 0 spiro atoms. The standard InChI is InChI=1S/C14H21N/c1-12(2)14(9-6-10-15-14)11-13-7-4-3-5-8-13/h3-5,7-8,12,15H,6,9-11H2,1-2H3/t14-/m1/s1. The number of benzene rings is 1. The van der Waals surface area contributed by atoms with Crippen LogP contribution in [0, 0.1) is 5.92 Å². The summed E-state index contributed by atoms with van der Waals surface area (Å²) in [5.74, 6) is 0.709. The van der Waals surface area contributed by atoms with Crippen LogP contribution in [0.2, 0.25) is 0 Å². The molecule has 0 aliphatic carbocycles. The highest BCUT2D eigenvalue weighted by atomic mass is 15.0. The molecule has 1 heterocycles. The second-order valence-corrected chi connectivity index (χ2v) is 5.00. The largest absolute Gasteiger partial charge is 0.311 e. The van der Waals surface area contributed by atoms with Crippen molar-refractivity contribution in [1.82, 2.24) is 5.32 Å². The summed E-state index contributed by atoms with van der Waals surface area (Å²) in [5.41, 5.74) is 1.81. The maximum absolute atomic E-state index is 3.72. The minimum Gasteiger partial charge on any atom is -0.311 e. The van der Waals surface area contributed by atoms with Crippen LogP contribution in [0.25, 0.3) is 0 Å². The topological polar surface area (TPSA) is 12.0 Å². The van der Waals surface area contributed by atoms with Gasteiger partial charge in [0.2, 0.25) is 0 Å². The number of hydrogen-bond donors (Lipinski definition) is 1. The van der Waals surface area contributed by atoms with Crippen molar-refractivity contribution < 1.29 is 0 Å². The Kier molecular flexibility index (Phi) is 3.11. The summed E-state index contributed by atoms with van der Waals surface area (Å²) in [5, 5.41) is 3.72. The third-order valence-electron chi connectivity index (χ3n) is 3.74. The molecule has 1 saturated heterocycles. The van der Waals surface area contributed by atoms with Crippen LogP contribution in [-0.4, -0.2) is 12.1 Å². The Hall–Kier alpha value is -0.820. The van der Waals surface area contributed by atoms with E-state index >= 15 is 0 Å². The van der Waals surface area contributed by atoms with E-state index in [9.17, 15) is 0 Å². The molecule has 1 nitrogen and oxygen atoms in total. The first-order chi connectivity index (χ1) is 7.23. The van der Waals surface area contributed by atoms with Crippen molar-refractivity contribution in [3.63, 3.8) is 0 Å². The van der Waals surface area contributed by atoms with E-state index in [0.717, 1.165) is 0 Å². The monoisotopic (exact) mass is 203 g/mol. The highest BCUT2D eigenvalue weighted by molar-refractivity contribution is 5.19. The molecule has 1 aliphatic rings. The normalized spacial score (nSPS) is 26.1. The van der Waals surface area contributed by atoms with Gasteiger partial charge in [-0.25, -0.2) is 0 Å². The van der Waals surface area contributed by atoms with E-state index in [1.54, 1.807) is 0 Å². The van der Waals surface area contributed by atoms with Crippen LogP contribution in [-0.2, 0) is 6.42 Å². The zero-order chi connectivity index (χ0) is 10.7. The fraction of sp³-hybridized carbons (Fsp3) is 0.571. The van der Waals surface area contributed by atoms with Crippen LogP contribution in [0.4, 0.5) is 0 Å². The molecule has 15 heavy (non-hydrogen) atoms. The Morgan fingerprint density at radius 1 is 1.27 bits per heavy atom. The van der Waals surface area contributed by atoms with Crippen LogP contribution in [0.5, 0.6) is 0 Å². The predicted octanol–water partition coefficient (Wildman–Crippen LogP) is 3.01. The smallest absolute Gasteiger partial charge is 0.0245 e. The Balaban J connectivity index is 2.14. The van der Waals surface area contributed by atoms with Crippen molar-refractivity contribution in [3.05, 3.63) is 35.9 Å². The zero-order valence-corrected chi connectivity index (χ0v) is 9.79. The fourth-order valence-electron chi connectivity index (χ4n) is 2.64. The summed E-state index contributed by atoms with van der Waals surface area (Å²) in [7, 11) is 0. The Morgan fingerprint density at radius 2 is 2.00 bits per heavy atom. The third kappa shape index (κ3) is 2.23. The molecular weight excluding hydrogens is 182 g/mol. The van der Waals surface area contributed by atoms with Crippen molar-refractivity contribution >= 4 is 0 Å². The molecule has 1 atom stereocenters. The van der Waals surface area contributed by atoms with Crippen molar-refractivity contribution in [1.29, 1.82) is 0 Å². The van der Waals surface area contributed by atoms with Crippen molar-refractivity contribution in [2.45, 2.75) is 38.6 Å². The van der Waals surface area contributed by atoms with Crippen LogP contribution in [0.1, 0.15) is 32.3 Å². The van der Waals surface area contributed by atoms with E-state index in [-0.39, 0.29) is 0 Å². The lowest BCUT2D eigenvalue weighted by Gasteiger charge is -2.34. The van der Waals surface area contributed by atoms with Gasteiger partial charge < -0.3 is 5.32 Å². The first-order valence-electron chi connectivity index (χ1n) is 6.02. The minimum atomic E-state index is 0.349.